The second kappa shape index (κ2) is 11.2. The number of hydrogen-bond donors (Lipinski definition) is 2. The van der Waals surface area contributed by atoms with Gasteiger partial charge in [0, 0.05) is 13.0 Å². The summed E-state index contributed by atoms with van der Waals surface area (Å²) in [6, 6.07) is 0. The van der Waals surface area contributed by atoms with Gasteiger partial charge in [0.25, 0.3) is 0 Å². The summed E-state index contributed by atoms with van der Waals surface area (Å²) in [6.45, 7) is 5.60. The van der Waals surface area contributed by atoms with Crippen molar-refractivity contribution in [1.82, 2.24) is 15.5 Å². The molecule has 0 saturated carbocycles. The number of piperidine rings is 1. The van der Waals surface area contributed by atoms with Gasteiger partial charge in [-0.2, -0.15) is 0 Å². The normalized spacial score (nSPS) is 16.5. The smallest absolute Gasteiger partial charge is 0.220 e. The third kappa shape index (κ3) is 9.00. The Morgan fingerprint density at radius 2 is 1.79 bits per heavy atom. The van der Waals surface area contributed by atoms with E-state index in [0.29, 0.717) is 6.42 Å². The van der Waals surface area contributed by atoms with E-state index in [9.17, 15) is 4.79 Å². The van der Waals surface area contributed by atoms with Crippen LogP contribution in [0.3, 0.4) is 0 Å². The second-order valence-corrected chi connectivity index (χ2v) is 5.52. The fourth-order valence-corrected chi connectivity index (χ4v) is 2.56. The van der Waals surface area contributed by atoms with Gasteiger partial charge in [-0.25, -0.2) is 0 Å². The number of carbonyl (C=O) groups excluding carboxylic acids is 1. The molecule has 4 heteroatoms. The molecule has 1 aliphatic rings. The molecule has 0 aliphatic carbocycles. The monoisotopic (exact) mass is 269 g/mol. The van der Waals surface area contributed by atoms with Crippen molar-refractivity contribution in [2.24, 2.45) is 0 Å². The molecule has 1 amide bonds. The van der Waals surface area contributed by atoms with Gasteiger partial charge in [0.15, 0.2) is 0 Å². The van der Waals surface area contributed by atoms with Crippen LogP contribution in [0.25, 0.3) is 0 Å². The number of rotatable bonds is 10. The van der Waals surface area contributed by atoms with Gasteiger partial charge < -0.3 is 15.5 Å². The average Bonchev–Trinajstić information content (AvgIpc) is 2.44. The van der Waals surface area contributed by atoms with E-state index in [1.54, 1.807) is 0 Å². The van der Waals surface area contributed by atoms with Gasteiger partial charge in [-0.1, -0.05) is 12.8 Å². The minimum Gasteiger partial charge on any atom is -0.356 e. The predicted octanol–water partition coefficient (Wildman–Crippen LogP) is 1.76. The Morgan fingerprint density at radius 1 is 1.00 bits per heavy atom. The Balaban J connectivity index is 1.83. The zero-order valence-electron chi connectivity index (χ0n) is 12.5. The Hall–Kier alpha value is -0.610. The lowest BCUT2D eigenvalue weighted by atomic mass is 10.1. The summed E-state index contributed by atoms with van der Waals surface area (Å²) in [5.41, 5.74) is 0. The molecule has 1 heterocycles. The molecule has 2 N–H and O–H groups in total. The highest BCUT2D eigenvalue weighted by Gasteiger charge is 2.08. The average molecular weight is 269 g/mol. The second-order valence-electron chi connectivity index (χ2n) is 5.52. The third-order valence-corrected chi connectivity index (χ3v) is 3.75. The van der Waals surface area contributed by atoms with Crippen molar-refractivity contribution in [3.8, 4) is 0 Å². The van der Waals surface area contributed by atoms with Crippen LogP contribution in [-0.2, 0) is 4.79 Å². The minimum absolute atomic E-state index is 0.200. The maximum absolute atomic E-state index is 11.5. The molecule has 0 radical (unpaired) electrons. The van der Waals surface area contributed by atoms with Crippen molar-refractivity contribution in [1.29, 1.82) is 0 Å². The highest BCUT2D eigenvalue weighted by Crippen LogP contribution is 2.09. The molecule has 0 aromatic heterocycles. The van der Waals surface area contributed by atoms with Crippen molar-refractivity contribution in [3.05, 3.63) is 0 Å². The van der Waals surface area contributed by atoms with E-state index in [0.717, 1.165) is 25.9 Å². The van der Waals surface area contributed by atoms with E-state index in [-0.39, 0.29) is 5.91 Å². The lowest BCUT2D eigenvalue weighted by Gasteiger charge is -2.26. The van der Waals surface area contributed by atoms with Crippen molar-refractivity contribution in [2.45, 2.75) is 51.4 Å². The highest BCUT2D eigenvalue weighted by atomic mass is 16.1. The van der Waals surface area contributed by atoms with Crippen LogP contribution in [0.2, 0.25) is 0 Å². The Bertz CT molecular complexity index is 227. The first-order valence-electron chi connectivity index (χ1n) is 7.96. The Labute approximate surface area is 118 Å². The van der Waals surface area contributed by atoms with Crippen molar-refractivity contribution in [3.63, 3.8) is 0 Å². The van der Waals surface area contributed by atoms with Crippen LogP contribution in [0.15, 0.2) is 0 Å². The Morgan fingerprint density at radius 3 is 2.53 bits per heavy atom. The van der Waals surface area contributed by atoms with E-state index in [4.69, 9.17) is 0 Å². The zero-order chi connectivity index (χ0) is 13.8. The molecule has 4 nitrogen and oxygen atoms in total. The van der Waals surface area contributed by atoms with Crippen LogP contribution in [-0.4, -0.2) is 50.6 Å². The molecule has 1 rings (SSSR count). The summed E-state index contributed by atoms with van der Waals surface area (Å²) < 4.78 is 0. The molecule has 0 bridgehead atoms. The number of carbonyl (C=O) groups is 1. The standard InChI is InChI=1S/C15H31N3O/c1-16-10-8-9-15(19)17-11-4-2-5-12-18-13-6-3-7-14-18/h16H,2-14H2,1H3,(H,17,19). The summed E-state index contributed by atoms with van der Waals surface area (Å²) in [5, 5.41) is 6.05. The van der Waals surface area contributed by atoms with Crippen LogP contribution < -0.4 is 10.6 Å². The van der Waals surface area contributed by atoms with E-state index >= 15 is 0 Å². The summed E-state index contributed by atoms with van der Waals surface area (Å²) in [5.74, 6) is 0.200. The van der Waals surface area contributed by atoms with E-state index in [2.05, 4.69) is 15.5 Å². The van der Waals surface area contributed by atoms with Crippen LogP contribution in [0.1, 0.15) is 51.4 Å². The first-order valence-corrected chi connectivity index (χ1v) is 7.96. The predicted molar refractivity (Wildman–Crippen MR) is 80.3 cm³/mol. The van der Waals surface area contributed by atoms with Gasteiger partial charge >= 0.3 is 0 Å². The zero-order valence-corrected chi connectivity index (χ0v) is 12.5. The van der Waals surface area contributed by atoms with E-state index in [1.807, 2.05) is 7.05 Å². The molecule has 0 unspecified atom stereocenters. The Kier molecular flexibility index (Phi) is 9.72. The number of amides is 1. The van der Waals surface area contributed by atoms with E-state index < -0.39 is 0 Å². The SMILES string of the molecule is CNCCCC(=O)NCCCCCN1CCCCC1. The lowest BCUT2D eigenvalue weighted by molar-refractivity contribution is -0.121. The molecular weight excluding hydrogens is 238 g/mol. The van der Waals surface area contributed by atoms with Gasteiger partial charge in [-0.3, -0.25) is 4.79 Å². The molecule has 19 heavy (non-hydrogen) atoms. The van der Waals surface area contributed by atoms with Crippen molar-refractivity contribution < 1.29 is 4.79 Å². The number of likely N-dealkylation sites (tertiary alicyclic amines) is 1. The molecule has 0 aromatic carbocycles. The van der Waals surface area contributed by atoms with Gasteiger partial charge in [-0.15, -0.1) is 0 Å². The van der Waals surface area contributed by atoms with Gasteiger partial charge in [0.05, 0.1) is 0 Å². The highest BCUT2D eigenvalue weighted by molar-refractivity contribution is 5.75. The molecule has 0 spiro atoms. The fraction of sp³-hybridized carbons (Fsp3) is 0.933. The molecule has 1 saturated heterocycles. The van der Waals surface area contributed by atoms with E-state index in [1.165, 1.54) is 51.7 Å². The minimum atomic E-state index is 0.200. The number of nitrogens with zero attached hydrogens (tertiary/aromatic N) is 1. The number of unbranched alkanes of at least 4 members (excludes halogenated alkanes) is 2. The van der Waals surface area contributed by atoms with Gasteiger partial charge in [0.2, 0.25) is 5.91 Å². The topological polar surface area (TPSA) is 44.4 Å². The summed E-state index contributed by atoms with van der Waals surface area (Å²) in [6.07, 6.45) is 9.36. The summed E-state index contributed by atoms with van der Waals surface area (Å²) in [4.78, 5) is 14.0. The van der Waals surface area contributed by atoms with Crippen LogP contribution in [0, 0.1) is 0 Å². The first-order chi connectivity index (χ1) is 9.33. The number of hydrogen-bond acceptors (Lipinski definition) is 3. The maximum Gasteiger partial charge on any atom is 0.220 e. The molecule has 0 atom stereocenters. The molecule has 112 valence electrons. The summed E-state index contributed by atoms with van der Waals surface area (Å²) >= 11 is 0. The third-order valence-electron chi connectivity index (χ3n) is 3.75. The van der Waals surface area contributed by atoms with Gasteiger partial charge in [0.1, 0.15) is 0 Å². The van der Waals surface area contributed by atoms with Crippen LogP contribution in [0.5, 0.6) is 0 Å². The summed E-state index contributed by atoms with van der Waals surface area (Å²) in [7, 11) is 1.92. The fourth-order valence-electron chi connectivity index (χ4n) is 2.56. The maximum atomic E-state index is 11.5. The first kappa shape index (κ1) is 16.4. The molecule has 0 aromatic rings. The molecule has 1 fully saturated rings. The molecule has 1 aliphatic heterocycles. The van der Waals surface area contributed by atoms with Crippen LogP contribution in [0.4, 0.5) is 0 Å². The number of nitrogens with one attached hydrogen (secondary N) is 2. The molecular formula is C15H31N3O. The lowest BCUT2D eigenvalue weighted by Crippen LogP contribution is -2.30. The van der Waals surface area contributed by atoms with Crippen LogP contribution >= 0.6 is 0 Å². The largest absolute Gasteiger partial charge is 0.356 e. The van der Waals surface area contributed by atoms with Crippen molar-refractivity contribution in [2.75, 3.05) is 39.8 Å². The van der Waals surface area contributed by atoms with Crippen molar-refractivity contribution >= 4 is 5.91 Å². The van der Waals surface area contributed by atoms with Gasteiger partial charge in [-0.05, 0) is 65.3 Å². The quantitative estimate of drug-likeness (QED) is 0.594.